The molecule has 0 spiro atoms. The van der Waals surface area contributed by atoms with E-state index >= 15 is 0 Å². The Bertz CT molecular complexity index is 753. The number of carbonyl (C=O) groups excluding carboxylic acids is 2. The first-order valence-electron chi connectivity index (χ1n) is 7.00. The van der Waals surface area contributed by atoms with E-state index in [9.17, 15) is 19.1 Å². The number of hydrogen-bond donors (Lipinski definition) is 2. The number of aryl methyl sites for hydroxylation is 1. The number of rotatable bonds is 2. The molecule has 3 rings (SSSR count). The lowest BCUT2D eigenvalue weighted by atomic mass is 9.90. The molecular formula is C17H14FNO3. The Morgan fingerprint density at radius 2 is 1.86 bits per heavy atom. The van der Waals surface area contributed by atoms with Crippen molar-refractivity contribution in [2.75, 3.05) is 5.32 Å². The Morgan fingerprint density at radius 1 is 1.14 bits per heavy atom. The van der Waals surface area contributed by atoms with Gasteiger partial charge in [-0.05, 0) is 54.8 Å². The average molecular weight is 299 g/mol. The van der Waals surface area contributed by atoms with Crippen LogP contribution in [0.15, 0.2) is 36.4 Å². The molecule has 1 aliphatic carbocycles. The van der Waals surface area contributed by atoms with E-state index in [0.29, 0.717) is 12.0 Å². The van der Waals surface area contributed by atoms with Crippen molar-refractivity contribution in [2.45, 2.75) is 19.3 Å². The molecule has 0 atom stereocenters. The van der Waals surface area contributed by atoms with E-state index in [-0.39, 0.29) is 22.8 Å². The number of ketones is 1. The van der Waals surface area contributed by atoms with Crippen LogP contribution in [0.3, 0.4) is 0 Å². The van der Waals surface area contributed by atoms with Gasteiger partial charge in [-0.3, -0.25) is 9.59 Å². The van der Waals surface area contributed by atoms with Crippen LogP contribution in [0.4, 0.5) is 10.1 Å². The number of Topliss-reactive ketones (excluding diaryl/α,β-unsaturated/α-hetero) is 1. The number of anilines is 1. The molecule has 0 unspecified atom stereocenters. The highest BCUT2D eigenvalue weighted by atomic mass is 19.1. The van der Waals surface area contributed by atoms with Gasteiger partial charge in [0.15, 0.2) is 5.78 Å². The summed E-state index contributed by atoms with van der Waals surface area (Å²) < 4.78 is 12.9. The topological polar surface area (TPSA) is 66.4 Å². The van der Waals surface area contributed by atoms with Gasteiger partial charge in [0.2, 0.25) is 0 Å². The zero-order chi connectivity index (χ0) is 15.7. The van der Waals surface area contributed by atoms with E-state index in [4.69, 9.17) is 0 Å². The number of hydrogen-bond acceptors (Lipinski definition) is 3. The van der Waals surface area contributed by atoms with Gasteiger partial charge in [0.25, 0.3) is 5.91 Å². The number of phenols is 1. The zero-order valence-electron chi connectivity index (χ0n) is 11.7. The van der Waals surface area contributed by atoms with Crippen LogP contribution in [0.2, 0.25) is 0 Å². The molecule has 5 heteroatoms. The molecule has 22 heavy (non-hydrogen) atoms. The van der Waals surface area contributed by atoms with E-state index in [1.54, 1.807) is 0 Å². The number of phenolic OH excluding ortho intramolecular Hbond substituents is 1. The van der Waals surface area contributed by atoms with Crippen molar-refractivity contribution < 1.29 is 19.1 Å². The molecule has 0 aliphatic heterocycles. The van der Waals surface area contributed by atoms with Crippen LogP contribution in [0.5, 0.6) is 5.75 Å². The first-order chi connectivity index (χ1) is 10.5. The molecular weight excluding hydrogens is 285 g/mol. The number of nitrogens with one attached hydrogen (secondary N) is 1. The average Bonchev–Trinajstić information content (AvgIpc) is 2.49. The smallest absolute Gasteiger partial charge is 0.255 e. The molecule has 1 aliphatic rings. The summed E-state index contributed by atoms with van der Waals surface area (Å²) in [4.78, 5) is 24.0. The SMILES string of the molecule is O=C(Nc1cc2c(cc1O)CCCC2=O)c1ccc(F)cc1. The Kier molecular flexibility index (Phi) is 3.63. The Hall–Kier alpha value is -2.69. The van der Waals surface area contributed by atoms with Crippen LogP contribution >= 0.6 is 0 Å². The highest BCUT2D eigenvalue weighted by Crippen LogP contribution is 2.32. The zero-order valence-corrected chi connectivity index (χ0v) is 11.7. The third kappa shape index (κ3) is 2.70. The number of carbonyl (C=O) groups is 2. The van der Waals surface area contributed by atoms with Crippen LogP contribution in [0.1, 0.15) is 39.1 Å². The first-order valence-corrected chi connectivity index (χ1v) is 7.00. The third-order valence-corrected chi connectivity index (χ3v) is 3.73. The second kappa shape index (κ2) is 5.60. The Morgan fingerprint density at radius 3 is 2.59 bits per heavy atom. The summed E-state index contributed by atoms with van der Waals surface area (Å²) in [5, 5.41) is 12.6. The first kappa shape index (κ1) is 14.3. The lowest BCUT2D eigenvalue weighted by Gasteiger charge is -2.17. The van der Waals surface area contributed by atoms with E-state index in [2.05, 4.69) is 5.32 Å². The molecule has 2 N–H and O–H groups in total. The van der Waals surface area contributed by atoms with Gasteiger partial charge < -0.3 is 10.4 Å². The van der Waals surface area contributed by atoms with Crippen LogP contribution < -0.4 is 5.32 Å². The van der Waals surface area contributed by atoms with Gasteiger partial charge in [0.1, 0.15) is 11.6 Å². The van der Waals surface area contributed by atoms with Crippen LogP contribution in [0.25, 0.3) is 0 Å². The maximum atomic E-state index is 12.9. The molecule has 0 heterocycles. The second-order valence-corrected chi connectivity index (χ2v) is 5.26. The summed E-state index contributed by atoms with van der Waals surface area (Å²) in [6.45, 7) is 0. The summed E-state index contributed by atoms with van der Waals surface area (Å²) in [5.74, 6) is -0.972. The largest absolute Gasteiger partial charge is 0.506 e. The summed E-state index contributed by atoms with van der Waals surface area (Å²) in [7, 11) is 0. The highest BCUT2D eigenvalue weighted by molar-refractivity contribution is 6.06. The number of aromatic hydroxyl groups is 1. The minimum atomic E-state index is -0.474. The number of halogens is 1. The van der Waals surface area contributed by atoms with Crippen molar-refractivity contribution >= 4 is 17.4 Å². The third-order valence-electron chi connectivity index (χ3n) is 3.73. The summed E-state index contributed by atoms with van der Waals surface area (Å²) in [6, 6.07) is 8.10. The van der Waals surface area contributed by atoms with Gasteiger partial charge in [0.05, 0.1) is 5.69 Å². The van der Waals surface area contributed by atoms with Gasteiger partial charge >= 0.3 is 0 Å². The van der Waals surface area contributed by atoms with Crippen molar-refractivity contribution in [3.05, 3.63) is 58.9 Å². The number of amides is 1. The van der Waals surface area contributed by atoms with Crippen molar-refractivity contribution in [3.8, 4) is 5.75 Å². The predicted molar refractivity (Wildman–Crippen MR) is 79.7 cm³/mol. The van der Waals surface area contributed by atoms with E-state index in [0.717, 1.165) is 18.4 Å². The fourth-order valence-electron chi connectivity index (χ4n) is 2.57. The quantitative estimate of drug-likeness (QED) is 0.836. The van der Waals surface area contributed by atoms with E-state index in [1.165, 1.54) is 36.4 Å². The molecule has 1 amide bonds. The van der Waals surface area contributed by atoms with E-state index < -0.39 is 11.7 Å². The molecule has 0 aromatic heterocycles. The maximum absolute atomic E-state index is 12.9. The van der Waals surface area contributed by atoms with Crippen LogP contribution in [-0.2, 0) is 6.42 Å². The van der Waals surface area contributed by atoms with Crippen molar-refractivity contribution in [1.82, 2.24) is 0 Å². The number of fused-ring (bicyclic) bond motifs is 1. The lowest BCUT2D eigenvalue weighted by molar-refractivity contribution is 0.0970. The molecule has 0 fully saturated rings. The van der Waals surface area contributed by atoms with Crippen molar-refractivity contribution in [1.29, 1.82) is 0 Å². The molecule has 4 nitrogen and oxygen atoms in total. The molecule has 0 radical (unpaired) electrons. The van der Waals surface area contributed by atoms with Gasteiger partial charge in [-0.25, -0.2) is 4.39 Å². The van der Waals surface area contributed by atoms with Crippen molar-refractivity contribution in [3.63, 3.8) is 0 Å². The molecule has 0 saturated heterocycles. The lowest BCUT2D eigenvalue weighted by Crippen LogP contribution is -2.15. The van der Waals surface area contributed by atoms with Gasteiger partial charge in [-0.2, -0.15) is 0 Å². The van der Waals surface area contributed by atoms with E-state index in [1.807, 2.05) is 0 Å². The highest BCUT2D eigenvalue weighted by Gasteiger charge is 2.20. The Balaban J connectivity index is 1.89. The summed E-state index contributed by atoms with van der Waals surface area (Å²) in [5.41, 5.74) is 1.79. The minimum Gasteiger partial charge on any atom is -0.506 e. The minimum absolute atomic E-state index is 0.0125. The van der Waals surface area contributed by atoms with Crippen LogP contribution in [0, 0.1) is 5.82 Å². The van der Waals surface area contributed by atoms with Gasteiger partial charge in [0, 0.05) is 17.5 Å². The summed E-state index contributed by atoms with van der Waals surface area (Å²) >= 11 is 0. The second-order valence-electron chi connectivity index (χ2n) is 5.26. The molecule has 0 bridgehead atoms. The molecule has 112 valence electrons. The Labute approximate surface area is 126 Å². The van der Waals surface area contributed by atoms with Gasteiger partial charge in [-0.15, -0.1) is 0 Å². The predicted octanol–water partition coefficient (Wildman–Crippen LogP) is 3.30. The monoisotopic (exact) mass is 299 g/mol. The fourth-order valence-corrected chi connectivity index (χ4v) is 2.57. The molecule has 2 aromatic carbocycles. The normalized spacial score (nSPS) is 13.6. The molecule has 2 aromatic rings. The maximum Gasteiger partial charge on any atom is 0.255 e. The number of benzene rings is 2. The van der Waals surface area contributed by atoms with Crippen LogP contribution in [-0.4, -0.2) is 16.8 Å². The summed E-state index contributed by atoms with van der Waals surface area (Å²) in [6.07, 6.45) is 1.98. The standard InChI is InChI=1S/C17H14FNO3/c18-12-6-4-10(5-7-12)17(22)19-14-9-13-11(8-16(14)21)2-1-3-15(13)20/h4-9,21H,1-3H2,(H,19,22). The van der Waals surface area contributed by atoms with Gasteiger partial charge in [-0.1, -0.05) is 0 Å². The fraction of sp³-hybridized carbons (Fsp3) is 0.176. The van der Waals surface area contributed by atoms with Crippen molar-refractivity contribution in [2.24, 2.45) is 0 Å². The molecule has 0 saturated carbocycles.